The summed E-state index contributed by atoms with van der Waals surface area (Å²) in [7, 11) is 1.79. The minimum atomic E-state index is -3.14. The number of carboxylic acid groups (broad SMARTS) is 1. The number of pyridine rings is 1. The summed E-state index contributed by atoms with van der Waals surface area (Å²) in [6.45, 7) is 3.62. The van der Waals surface area contributed by atoms with Gasteiger partial charge in [0.1, 0.15) is 40.2 Å². The third-order valence-electron chi connectivity index (χ3n) is 9.73. The van der Waals surface area contributed by atoms with Crippen LogP contribution < -0.4 is 14.5 Å². The SMILES string of the molecule is C[C@@H]1N(c2cc(C#Cc3ccn(C)n3)cnc2O[C@H]2C[C@@H](C(=O)O)N(c3nc(C(F)F)nc4c3oc3c(C(F)F)cccc34)C2)CCOC12COC2. The highest BCUT2D eigenvalue weighted by Crippen LogP contribution is 2.42. The van der Waals surface area contributed by atoms with Crippen LogP contribution in [0.15, 0.2) is 47.1 Å². The van der Waals surface area contributed by atoms with E-state index in [1.54, 1.807) is 30.2 Å². The number of carbonyl (C=O) groups is 1. The Hall–Kier alpha value is -5.47. The first-order chi connectivity index (χ1) is 25.0. The van der Waals surface area contributed by atoms with Gasteiger partial charge in [-0.1, -0.05) is 12.0 Å². The smallest absolute Gasteiger partial charge is 0.326 e. The fraction of sp³-hybridized carbons (Fsp3) is 0.400. The van der Waals surface area contributed by atoms with Crippen molar-refractivity contribution >= 4 is 39.5 Å². The van der Waals surface area contributed by atoms with Crippen molar-refractivity contribution < 1.29 is 46.1 Å². The van der Waals surface area contributed by atoms with Gasteiger partial charge in [0.05, 0.1) is 38.0 Å². The van der Waals surface area contributed by atoms with Gasteiger partial charge in [0.25, 0.3) is 12.9 Å². The van der Waals surface area contributed by atoms with E-state index in [1.165, 1.54) is 17.0 Å². The number of benzene rings is 1. The molecule has 0 amide bonds. The molecule has 3 fully saturated rings. The van der Waals surface area contributed by atoms with E-state index in [0.717, 1.165) is 6.07 Å². The molecule has 0 aliphatic carbocycles. The molecule has 1 N–H and O–H groups in total. The van der Waals surface area contributed by atoms with Crippen LogP contribution in [0.25, 0.3) is 22.1 Å². The molecular weight excluding hydrogens is 690 g/mol. The Morgan fingerprint density at radius 2 is 1.92 bits per heavy atom. The number of rotatable bonds is 7. The quantitative estimate of drug-likeness (QED) is 0.181. The summed E-state index contributed by atoms with van der Waals surface area (Å²) >= 11 is 0. The van der Waals surface area contributed by atoms with Crippen LogP contribution in [0.5, 0.6) is 5.88 Å². The van der Waals surface area contributed by atoms with E-state index < -0.39 is 48.0 Å². The maximum Gasteiger partial charge on any atom is 0.326 e. The number of aromatic nitrogens is 5. The summed E-state index contributed by atoms with van der Waals surface area (Å²) in [6, 6.07) is 6.09. The van der Waals surface area contributed by atoms with Crippen molar-refractivity contribution in [2.45, 2.75) is 50.0 Å². The van der Waals surface area contributed by atoms with Crippen molar-refractivity contribution in [2.24, 2.45) is 7.05 Å². The molecule has 0 unspecified atom stereocenters. The van der Waals surface area contributed by atoms with E-state index in [1.807, 2.05) is 13.0 Å². The Morgan fingerprint density at radius 1 is 1.10 bits per heavy atom. The van der Waals surface area contributed by atoms with Crippen LogP contribution in [0.4, 0.5) is 29.1 Å². The van der Waals surface area contributed by atoms with Crippen LogP contribution in [-0.2, 0) is 21.3 Å². The highest BCUT2D eigenvalue weighted by atomic mass is 19.3. The maximum atomic E-state index is 14.1. The van der Waals surface area contributed by atoms with E-state index in [9.17, 15) is 27.5 Å². The number of anilines is 2. The Kier molecular flexibility index (Phi) is 8.38. The topological polar surface area (TPSA) is 141 Å². The molecule has 0 radical (unpaired) electrons. The van der Waals surface area contributed by atoms with Gasteiger partial charge in [0.15, 0.2) is 17.2 Å². The second-order valence-electron chi connectivity index (χ2n) is 12.9. The lowest BCUT2D eigenvalue weighted by atomic mass is 9.90. The van der Waals surface area contributed by atoms with Crippen molar-refractivity contribution in [3.05, 3.63) is 65.4 Å². The average Bonchev–Trinajstić information content (AvgIpc) is 3.83. The molecule has 3 aliphatic rings. The van der Waals surface area contributed by atoms with Gasteiger partial charge >= 0.3 is 5.97 Å². The second kappa shape index (κ2) is 12.9. The van der Waals surface area contributed by atoms with Crippen molar-refractivity contribution in [3.63, 3.8) is 0 Å². The summed E-state index contributed by atoms with van der Waals surface area (Å²) in [4.78, 5) is 28.6. The van der Waals surface area contributed by atoms with E-state index in [-0.39, 0.29) is 52.8 Å². The number of ether oxygens (including phenoxy) is 3. The number of morpholine rings is 1. The molecule has 3 aliphatic heterocycles. The zero-order chi connectivity index (χ0) is 36.3. The number of furan rings is 1. The van der Waals surface area contributed by atoms with Crippen LogP contribution in [-0.4, -0.2) is 92.5 Å². The third kappa shape index (κ3) is 5.81. The second-order valence-corrected chi connectivity index (χ2v) is 12.9. The zero-order valence-corrected chi connectivity index (χ0v) is 27.8. The highest BCUT2D eigenvalue weighted by molar-refractivity contribution is 6.07. The zero-order valence-electron chi connectivity index (χ0n) is 27.8. The predicted molar refractivity (Wildman–Crippen MR) is 177 cm³/mol. The lowest BCUT2D eigenvalue weighted by Gasteiger charge is -2.53. The monoisotopic (exact) mass is 721 g/mol. The molecule has 3 saturated heterocycles. The molecule has 17 heteroatoms. The van der Waals surface area contributed by atoms with Crippen molar-refractivity contribution in [1.82, 2.24) is 24.7 Å². The van der Waals surface area contributed by atoms with Crippen LogP contribution in [0.1, 0.15) is 48.8 Å². The van der Waals surface area contributed by atoms with E-state index in [4.69, 9.17) is 18.6 Å². The molecule has 3 atom stereocenters. The van der Waals surface area contributed by atoms with Gasteiger partial charge in [-0.15, -0.1) is 0 Å². The number of alkyl halides is 4. The van der Waals surface area contributed by atoms with E-state index >= 15 is 0 Å². The average molecular weight is 722 g/mol. The molecule has 1 aromatic carbocycles. The molecule has 7 heterocycles. The standard InChI is InChI=1S/C35H31F4N7O6/c1-18-35(16-49-17-35)50-11-10-45(18)24-12-19(6-7-20-8-9-44(2)43-20)14-40-33(24)51-21-13-25(34(47)48)46(15-21)32-28-26(41-31(42-32)30(38)39)22-4-3-5-23(29(36)37)27(22)52-28/h3-5,8-9,12,14,18,21,25,29-30H,10-11,13,15-17H2,1-2H3,(H,47,48)/t18-,21-,25-/m0/s1. The van der Waals surface area contributed by atoms with Crippen molar-refractivity contribution in [2.75, 3.05) is 42.7 Å². The van der Waals surface area contributed by atoms with E-state index in [2.05, 4.69) is 36.8 Å². The molecule has 52 heavy (non-hydrogen) atoms. The molecule has 0 saturated carbocycles. The first-order valence-electron chi connectivity index (χ1n) is 16.5. The number of para-hydroxylation sites is 1. The van der Waals surface area contributed by atoms with Gasteiger partial charge in [-0.25, -0.2) is 37.3 Å². The third-order valence-corrected chi connectivity index (χ3v) is 9.73. The number of halogens is 4. The number of hydrogen-bond donors (Lipinski definition) is 1. The summed E-state index contributed by atoms with van der Waals surface area (Å²) in [5.41, 5.74) is 0.196. The Bertz CT molecular complexity index is 2250. The van der Waals surface area contributed by atoms with Gasteiger partial charge in [-0.2, -0.15) is 5.10 Å². The minimum Gasteiger partial charge on any atom is -0.480 e. The Labute approximate surface area is 293 Å². The van der Waals surface area contributed by atoms with Crippen molar-refractivity contribution in [3.8, 4) is 17.7 Å². The first-order valence-corrected chi connectivity index (χ1v) is 16.5. The maximum absolute atomic E-state index is 14.1. The molecule has 5 aromatic rings. The number of carboxylic acids is 1. The molecule has 4 aromatic heterocycles. The Morgan fingerprint density at radius 3 is 2.62 bits per heavy atom. The lowest BCUT2D eigenvalue weighted by molar-refractivity contribution is -0.228. The molecule has 0 bridgehead atoms. The number of aryl methyl sites for hydroxylation is 1. The van der Waals surface area contributed by atoms with Gasteiger partial charge in [0.2, 0.25) is 5.88 Å². The van der Waals surface area contributed by atoms with Crippen LogP contribution in [0.3, 0.4) is 0 Å². The summed E-state index contributed by atoms with van der Waals surface area (Å²) in [6.07, 6.45) is -3.66. The fourth-order valence-corrected chi connectivity index (χ4v) is 6.99. The van der Waals surface area contributed by atoms with Crippen LogP contribution >= 0.6 is 0 Å². The summed E-state index contributed by atoms with van der Waals surface area (Å²) < 4.78 is 81.7. The Balaban J connectivity index is 1.17. The predicted octanol–water partition coefficient (Wildman–Crippen LogP) is 4.88. The first kappa shape index (κ1) is 33.7. The van der Waals surface area contributed by atoms with E-state index in [0.29, 0.717) is 43.3 Å². The highest BCUT2D eigenvalue weighted by Gasteiger charge is 2.50. The van der Waals surface area contributed by atoms with Gasteiger partial charge in [-0.3, -0.25) is 4.68 Å². The normalized spacial score (nSPS) is 21.3. The fourth-order valence-electron chi connectivity index (χ4n) is 6.99. The van der Waals surface area contributed by atoms with Crippen molar-refractivity contribution in [1.29, 1.82) is 0 Å². The number of hydrogen-bond acceptors (Lipinski definition) is 11. The number of fused-ring (bicyclic) bond motifs is 3. The lowest BCUT2D eigenvalue weighted by Crippen LogP contribution is -2.68. The molecular formula is C35H31F4N7O6. The summed E-state index contributed by atoms with van der Waals surface area (Å²) in [5.74, 6) is 3.89. The van der Waals surface area contributed by atoms with Gasteiger partial charge in [-0.05, 0) is 37.1 Å². The molecule has 13 nitrogen and oxygen atoms in total. The minimum absolute atomic E-state index is 0.0755. The number of aliphatic carboxylic acids is 1. The van der Waals surface area contributed by atoms with Crippen LogP contribution in [0.2, 0.25) is 0 Å². The molecule has 8 rings (SSSR count). The summed E-state index contributed by atoms with van der Waals surface area (Å²) in [5, 5.41) is 14.7. The van der Waals surface area contributed by atoms with Crippen LogP contribution in [0, 0.1) is 11.8 Å². The molecule has 1 spiro atoms. The number of nitrogens with zero attached hydrogens (tertiary/aromatic N) is 7. The van der Waals surface area contributed by atoms with Gasteiger partial charge in [0, 0.05) is 43.4 Å². The largest absolute Gasteiger partial charge is 0.480 e. The van der Waals surface area contributed by atoms with Gasteiger partial charge < -0.3 is 33.5 Å². The molecule has 270 valence electrons.